The van der Waals surface area contributed by atoms with Crippen molar-refractivity contribution in [2.45, 2.75) is 51.5 Å². The van der Waals surface area contributed by atoms with Gasteiger partial charge in [0.1, 0.15) is 11.5 Å². The van der Waals surface area contributed by atoms with Gasteiger partial charge in [-0.3, -0.25) is 9.59 Å². The van der Waals surface area contributed by atoms with Gasteiger partial charge in [0.05, 0.1) is 0 Å². The van der Waals surface area contributed by atoms with E-state index in [1.807, 2.05) is 55.7 Å². The topological polar surface area (TPSA) is 83.5 Å². The van der Waals surface area contributed by atoms with E-state index in [1.54, 1.807) is 12.1 Å². The molecule has 0 spiro atoms. The van der Waals surface area contributed by atoms with Crippen LogP contribution in [0.3, 0.4) is 0 Å². The number of amides is 1. The number of hydrogen-bond acceptors (Lipinski definition) is 4. The molecule has 2 aromatic rings. The number of hydrogen-bond donors (Lipinski definition) is 2. The largest absolute Gasteiger partial charge is 0.540 e. The number of ketones is 1. The first-order valence-corrected chi connectivity index (χ1v) is 10.0. The Kier molecular flexibility index (Phi) is 14.9. The summed E-state index contributed by atoms with van der Waals surface area (Å²) < 4.78 is 0. The van der Waals surface area contributed by atoms with Gasteiger partial charge in [0.15, 0.2) is 0 Å². The average molecular weight is 498 g/mol. The van der Waals surface area contributed by atoms with E-state index >= 15 is 0 Å². The van der Waals surface area contributed by atoms with Crippen LogP contribution in [0.5, 0.6) is 5.75 Å². The zero-order chi connectivity index (χ0) is 21.1. The van der Waals surface area contributed by atoms with E-state index in [1.165, 1.54) is 0 Å². The van der Waals surface area contributed by atoms with Crippen LogP contribution < -0.4 is 5.32 Å². The third kappa shape index (κ3) is 10.8. The van der Waals surface area contributed by atoms with E-state index < -0.39 is 6.04 Å². The Hall–Kier alpha value is -1.85. The van der Waals surface area contributed by atoms with Crippen molar-refractivity contribution < 1.29 is 52.2 Å². The summed E-state index contributed by atoms with van der Waals surface area (Å²) in [6.45, 7) is 1.98. The second-order valence-electron chi connectivity index (χ2n) is 7.22. The molecule has 1 radical (unpaired) electrons. The third-order valence-electron chi connectivity index (χ3n) is 4.95. The van der Waals surface area contributed by atoms with Gasteiger partial charge in [0, 0.05) is 51.5 Å². The first kappa shape index (κ1) is 29.2. The molecule has 0 aliphatic carbocycles. The molecule has 1 amide bonds. The number of carbonyl (C=O) groups excluding carboxylic acids is 3. The Morgan fingerprint density at radius 2 is 1.58 bits per heavy atom. The van der Waals surface area contributed by atoms with Gasteiger partial charge < -0.3 is 22.6 Å². The molecule has 0 heterocycles. The van der Waals surface area contributed by atoms with Crippen LogP contribution >= 0.6 is 0 Å². The van der Waals surface area contributed by atoms with Gasteiger partial charge in [-0.1, -0.05) is 55.4 Å². The van der Waals surface area contributed by atoms with Crippen LogP contribution in [0.1, 0.15) is 43.7 Å². The molecule has 2 rings (SSSR count). The molecule has 0 saturated carbocycles. The van der Waals surface area contributed by atoms with Gasteiger partial charge in [0.2, 0.25) is 5.91 Å². The molecule has 2 unspecified atom stereocenters. The Morgan fingerprint density at radius 1 is 0.968 bits per heavy atom. The Bertz CT molecular complexity index is 793. The fourth-order valence-electron chi connectivity index (χ4n) is 3.27. The molecule has 0 saturated heterocycles. The minimum Gasteiger partial charge on any atom is -0.540 e. The van der Waals surface area contributed by atoms with Crippen molar-refractivity contribution in [3.63, 3.8) is 0 Å². The van der Waals surface area contributed by atoms with E-state index in [4.69, 9.17) is 0 Å². The molecule has 6 heteroatoms. The maximum Gasteiger partial charge on any atom is 0.218 e. The summed E-state index contributed by atoms with van der Waals surface area (Å²) >= 11 is 0. The molecule has 31 heavy (non-hydrogen) atoms. The smallest absolute Gasteiger partial charge is 0.218 e. The van der Waals surface area contributed by atoms with Crippen molar-refractivity contribution in [3.05, 3.63) is 73.2 Å². The summed E-state index contributed by atoms with van der Waals surface area (Å²) in [5.74, 6) is -0.00107. The maximum absolute atomic E-state index is 12.5. The fourth-order valence-corrected chi connectivity index (χ4v) is 3.27. The number of aromatic hydroxyl groups is 1. The second-order valence-corrected chi connectivity index (χ2v) is 7.22. The fraction of sp³-hybridized carbons (Fsp3) is 0.360. The molecule has 2 atom stereocenters. The van der Waals surface area contributed by atoms with Crippen LogP contribution in [0.4, 0.5) is 0 Å². The Labute approximate surface area is 210 Å². The first-order chi connectivity index (χ1) is 14.0. The van der Waals surface area contributed by atoms with E-state index in [0.29, 0.717) is 25.7 Å². The Balaban J connectivity index is 0.00000450. The van der Waals surface area contributed by atoms with Crippen molar-refractivity contribution in [1.29, 1.82) is 0 Å². The van der Waals surface area contributed by atoms with Crippen LogP contribution in [-0.4, -0.2) is 29.1 Å². The van der Waals surface area contributed by atoms with Crippen molar-refractivity contribution in [1.82, 2.24) is 5.32 Å². The standard InChI is InChI=1S/C24H28NO4.CH3.Y/c1-2-20(15-19-11-13-22(27)14-12-19)23(28)9-6-10-24(29)25-21(17-26)16-18-7-4-3-5-8-18;;/h3-5,7-8,11-14,20-21,27H,2,6,9-10,15-16H2,1H3,(H,25,29);1H3;/q2*-1;. The summed E-state index contributed by atoms with van der Waals surface area (Å²) in [4.78, 5) is 35.8. The summed E-state index contributed by atoms with van der Waals surface area (Å²) in [6.07, 6.45) is 4.61. The van der Waals surface area contributed by atoms with Crippen LogP contribution in [0, 0.1) is 13.3 Å². The molecular weight excluding hydrogens is 467 g/mol. The SMILES string of the molecule is CCC(Cc1ccc(O)cc1)C(=O)CCCC(=O)NC([C-]=O)Cc1ccccc1.[CH3-].[Y]. The molecule has 0 aliphatic rings. The van der Waals surface area contributed by atoms with Crippen LogP contribution in [0.15, 0.2) is 54.6 Å². The molecule has 5 nitrogen and oxygen atoms in total. The van der Waals surface area contributed by atoms with E-state index in [9.17, 15) is 19.5 Å². The summed E-state index contributed by atoms with van der Waals surface area (Å²) in [5.41, 5.74) is 1.96. The van der Waals surface area contributed by atoms with Crippen LogP contribution in [0.2, 0.25) is 0 Å². The average Bonchev–Trinajstić information content (AvgIpc) is 2.73. The normalized spacial score (nSPS) is 11.9. The number of rotatable bonds is 12. The summed E-state index contributed by atoms with van der Waals surface area (Å²) in [6, 6.07) is 15.6. The number of carbonyl (C=O) groups is 2. The predicted octanol–water partition coefficient (Wildman–Crippen LogP) is 3.99. The van der Waals surface area contributed by atoms with Crippen molar-refractivity contribution in [2.75, 3.05) is 0 Å². The number of phenols is 1. The van der Waals surface area contributed by atoms with Gasteiger partial charge in [-0.25, -0.2) is 6.29 Å². The van der Waals surface area contributed by atoms with E-state index in [0.717, 1.165) is 17.5 Å². The second kappa shape index (κ2) is 15.9. The van der Waals surface area contributed by atoms with Gasteiger partial charge in [-0.15, -0.1) is 0 Å². The zero-order valence-electron chi connectivity index (χ0n) is 18.3. The zero-order valence-corrected chi connectivity index (χ0v) is 21.2. The van der Waals surface area contributed by atoms with Crippen molar-refractivity contribution in [2.24, 2.45) is 5.92 Å². The summed E-state index contributed by atoms with van der Waals surface area (Å²) in [7, 11) is 0. The van der Waals surface area contributed by atoms with Crippen molar-refractivity contribution >= 4 is 18.0 Å². The first-order valence-electron chi connectivity index (χ1n) is 10.0. The molecule has 0 aliphatic heterocycles. The monoisotopic (exact) mass is 498 g/mol. The van der Waals surface area contributed by atoms with Crippen LogP contribution in [0.25, 0.3) is 0 Å². The van der Waals surface area contributed by atoms with E-state index in [2.05, 4.69) is 5.32 Å². The summed E-state index contributed by atoms with van der Waals surface area (Å²) in [5, 5.41) is 12.0. The minimum atomic E-state index is -0.682. The third-order valence-corrected chi connectivity index (χ3v) is 4.95. The quantitative estimate of drug-likeness (QED) is 0.434. The number of nitrogens with one attached hydrogen (secondary N) is 1. The van der Waals surface area contributed by atoms with Crippen LogP contribution in [-0.2, 0) is 59.9 Å². The van der Waals surface area contributed by atoms with Gasteiger partial charge in [0.25, 0.3) is 0 Å². The molecule has 165 valence electrons. The maximum atomic E-state index is 12.5. The molecular formula is C25H31NO4Y-2. The number of Topliss-reactive ketones (excluding diaryl/α,β-unsaturated/α-hetero) is 1. The minimum absolute atomic E-state index is 0. The molecule has 0 aromatic heterocycles. The molecule has 2 aromatic carbocycles. The molecule has 0 fully saturated rings. The van der Waals surface area contributed by atoms with Gasteiger partial charge >= 0.3 is 0 Å². The molecule has 0 bridgehead atoms. The number of phenolic OH excluding ortho intramolecular Hbond substituents is 1. The predicted molar refractivity (Wildman–Crippen MR) is 119 cm³/mol. The van der Waals surface area contributed by atoms with E-state index in [-0.39, 0.29) is 69.9 Å². The molecule has 2 N–H and O–H groups in total. The Morgan fingerprint density at radius 3 is 2.16 bits per heavy atom. The van der Waals surface area contributed by atoms with Gasteiger partial charge in [-0.2, -0.15) is 0 Å². The van der Waals surface area contributed by atoms with Gasteiger partial charge in [-0.05, 0) is 48.9 Å². The number of benzene rings is 2. The van der Waals surface area contributed by atoms with Crippen molar-refractivity contribution in [3.8, 4) is 5.75 Å².